The molecule has 0 saturated carbocycles. The molecule has 4 N–H and O–H groups in total. The van der Waals surface area contributed by atoms with E-state index in [1.165, 1.54) is 13.2 Å². The van der Waals surface area contributed by atoms with E-state index in [9.17, 15) is 39.6 Å². The maximum absolute atomic E-state index is 13.4. The van der Waals surface area contributed by atoms with Gasteiger partial charge in [-0.25, -0.2) is 0 Å². The molecule has 4 rings (SSSR count). The first-order valence-corrected chi connectivity index (χ1v) is 10.6. The van der Waals surface area contributed by atoms with E-state index in [1.54, 1.807) is 6.07 Å². The second-order valence-corrected chi connectivity index (χ2v) is 8.78. The lowest BCUT2D eigenvalue weighted by Crippen LogP contribution is -2.56. The lowest BCUT2D eigenvalue weighted by Gasteiger charge is -2.45. The molecule has 9 heteroatoms. The third-order valence-electron chi connectivity index (χ3n) is 6.97. The Kier molecular flexibility index (Phi) is 5.40. The number of carbonyl (C=O) groups is 4. The fourth-order valence-corrected chi connectivity index (χ4v) is 5.37. The number of fused-ring (bicyclic) bond motifs is 3. The van der Waals surface area contributed by atoms with Crippen molar-refractivity contribution in [2.24, 2.45) is 11.8 Å². The van der Waals surface area contributed by atoms with Crippen molar-refractivity contribution in [1.29, 1.82) is 0 Å². The van der Waals surface area contributed by atoms with E-state index >= 15 is 0 Å². The molecular weight excluding hydrogens is 432 g/mol. The van der Waals surface area contributed by atoms with Crippen LogP contribution in [0.2, 0.25) is 0 Å². The van der Waals surface area contributed by atoms with Gasteiger partial charge in [-0.05, 0) is 49.3 Å². The molecule has 0 aromatic heterocycles. The van der Waals surface area contributed by atoms with Crippen LogP contribution in [0.1, 0.15) is 47.7 Å². The first-order chi connectivity index (χ1) is 15.5. The molecule has 0 heterocycles. The van der Waals surface area contributed by atoms with E-state index in [4.69, 9.17) is 0 Å². The van der Waals surface area contributed by atoms with Crippen molar-refractivity contribution in [3.05, 3.63) is 51.5 Å². The van der Waals surface area contributed by atoms with Crippen molar-refractivity contribution in [2.75, 3.05) is 7.11 Å². The second kappa shape index (κ2) is 7.84. The number of aromatic hydroxyl groups is 1. The summed E-state index contributed by atoms with van der Waals surface area (Å²) in [6, 6.07) is 2.94. The Morgan fingerprint density at radius 3 is 2.48 bits per heavy atom. The van der Waals surface area contributed by atoms with Crippen molar-refractivity contribution in [3.63, 3.8) is 0 Å². The number of benzene rings is 1. The molecule has 3 atom stereocenters. The third-order valence-corrected chi connectivity index (χ3v) is 6.97. The number of esters is 1. The number of phenolic OH excluding ortho intramolecular Hbond substituents is 1. The van der Waals surface area contributed by atoms with Crippen LogP contribution in [0.4, 0.5) is 0 Å². The van der Waals surface area contributed by atoms with E-state index in [0.29, 0.717) is 11.1 Å². The molecule has 1 aromatic carbocycles. The summed E-state index contributed by atoms with van der Waals surface area (Å²) in [6.07, 6.45) is 0.452. The monoisotopic (exact) mass is 456 g/mol. The van der Waals surface area contributed by atoms with Crippen LogP contribution in [0, 0.1) is 11.8 Å². The van der Waals surface area contributed by atoms with Gasteiger partial charge in [-0.2, -0.15) is 0 Å². The minimum absolute atomic E-state index is 0.0503. The van der Waals surface area contributed by atoms with Gasteiger partial charge in [0, 0.05) is 24.3 Å². The quantitative estimate of drug-likeness (QED) is 0.391. The summed E-state index contributed by atoms with van der Waals surface area (Å²) in [7, 11) is 1.27. The van der Waals surface area contributed by atoms with Crippen LogP contribution < -0.4 is 0 Å². The van der Waals surface area contributed by atoms with Crippen LogP contribution in [0.5, 0.6) is 5.75 Å². The van der Waals surface area contributed by atoms with Gasteiger partial charge in [0.25, 0.3) is 0 Å². The summed E-state index contributed by atoms with van der Waals surface area (Å²) in [6.45, 7) is 1.07. The summed E-state index contributed by atoms with van der Waals surface area (Å²) in [4.78, 5) is 49.9. The number of aryl methyl sites for hydroxylation is 1. The summed E-state index contributed by atoms with van der Waals surface area (Å²) < 4.78 is 4.67. The normalized spacial score (nSPS) is 26.5. The molecule has 0 spiro atoms. The maximum Gasteiger partial charge on any atom is 0.305 e. The fraction of sp³-hybridized carbons (Fsp3) is 0.417. The number of methoxy groups -OCH3 is 1. The van der Waals surface area contributed by atoms with Gasteiger partial charge in [0.15, 0.2) is 17.2 Å². The molecule has 0 unspecified atom stereocenters. The number of ether oxygens (including phenoxy) is 1. The summed E-state index contributed by atoms with van der Waals surface area (Å²) in [5.41, 5.74) is -2.13. The number of carbonyl (C=O) groups excluding carboxylic acids is 4. The van der Waals surface area contributed by atoms with Crippen LogP contribution in [-0.2, 0) is 32.0 Å². The average Bonchev–Trinajstić information content (AvgIpc) is 2.75. The standard InChI is InChI=1S/C24H24O9/c1-10(25)18-16(27)9-13-7-12-8-14-11(4-6-17(28)33-2)3-5-15(26)20(14)21(29)19(12)23(31)24(13,32)22(18)30/h3,5,12-13,26-27,31-32H,4,6-9H2,1-2H3/t12-,13+,24-/m1/s1. The van der Waals surface area contributed by atoms with Gasteiger partial charge in [0.2, 0.25) is 5.78 Å². The first kappa shape index (κ1) is 22.7. The van der Waals surface area contributed by atoms with Crippen molar-refractivity contribution in [2.45, 2.75) is 44.6 Å². The zero-order valence-corrected chi connectivity index (χ0v) is 18.2. The molecule has 174 valence electrons. The third kappa shape index (κ3) is 3.26. The van der Waals surface area contributed by atoms with E-state index in [0.717, 1.165) is 6.92 Å². The van der Waals surface area contributed by atoms with Crippen LogP contribution in [-0.4, -0.2) is 56.5 Å². The molecule has 0 bridgehead atoms. The van der Waals surface area contributed by atoms with Crippen LogP contribution >= 0.6 is 0 Å². The molecule has 9 nitrogen and oxygen atoms in total. The minimum Gasteiger partial charge on any atom is -0.511 e. The number of aliphatic hydroxyl groups excluding tert-OH is 2. The second-order valence-electron chi connectivity index (χ2n) is 8.78. The Labute approximate surface area is 189 Å². The summed E-state index contributed by atoms with van der Waals surface area (Å²) in [5.74, 6) is -6.17. The van der Waals surface area contributed by atoms with Crippen molar-refractivity contribution in [3.8, 4) is 5.75 Å². The Bertz CT molecular complexity index is 1170. The summed E-state index contributed by atoms with van der Waals surface area (Å²) in [5, 5.41) is 42.9. The predicted octanol–water partition coefficient (Wildman–Crippen LogP) is 1.79. The van der Waals surface area contributed by atoms with Gasteiger partial charge in [-0.1, -0.05) is 6.07 Å². The number of hydrogen-bond donors (Lipinski definition) is 4. The highest BCUT2D eigenvalue weighted by Crippen LogP contribution is 2.51. The van der Waals surface area contributed by atoms with E-state index < -0.39 is 57.8 Å². The Balaban J connectivity index is 1.82. The van der Waals surface area contributed by atoms with E-state index in [2.05, 4.69) is 4.74 Å². The van der Waals surface area contributed by atoms with E-state index in [-0.39, 0.29) is 49.0 Å². The lowest BCUT2D eigenvalue weighted by molar-refractivity contribution is -0.144. The van der Waals surface area contributed by atoms with Crippen molar-refractivity contribution < 1.29 is 44.3 Å². The van der Waals surface area contributed by atoms with Crippen molar-refractivity contribution in [1.82, 2.24) is 0 Å². The average molecular weight is 456 g/mol. The molecule has 3 aliphatic rings. The zero-order chi connectivity index (χ0) is 24.2. The smallest absolute Gasteiger partial charge is 0.305 e. The highest BCUT2D eigenvalue weighted by molar-refractivity contribution is 6.25. The van der Waals surface area contributed by atoms with Gasteiger partial charge in [-0.15, -0.1) is 0 Å². The van der Waals surface area contributed by atoms with Gasteiger partial charge < -0.3 is 25.2 Å². The topological polar surface area (TPSA) is 158 Å². The molecule has 0 saturated heterocycles. The number of ketones is 3. The van der Waals surface area contributed by atoms with Gasteiger partial charge in [0.1, 0.15) is 22.8 Å². The van der Waals surface area contributed by atoms with Gasteiger partial charge >= 0.3 is 5.97 Å². The number of hydrogen-bond acceptors (Lipinski definition) is 9. The number of allylic oxidation sites excluding steroid dienone is 2. The molecule has 33 heavy (non-hydrogen) atoms. The largest absolute Gasteiger partial charge is 0.511 e. The van der Waals surface area contributed by atoms with Crippen LogP contribution in [0.25, 0.3) is 0 Å². The Morgan fingerprint density at radius 1 is 1.15 bits per heavy atom. The lowest BCUT2D eigenvalue weighted by atomic mass is 9.60. The first-order valence-electron chi connectivity index (χ1n) is 10.6. The summed E-state index contributed by atoms with van der Waals surface area (Å²) >= 11 is 0. The van der Waals surface area contributed by atoms with Crippen LogP contribution in [0.3, 0.4) is 0 Å². The number of Topliss-reactive ketones (excluding diaryl/α,β-unsaturated/α-hetero) is 3. The van der Waals surface area contributed by atoms with E-state index in [1.807, 2.05) is 0 Å². The Hall–Kier alpha value is -3.46. The molecule has 1 aromatic rings. The Morgan fingerprint density at radius 2 is 1.85 bits per heavy atom. The predicted molar refractivity (Wildman–Crippen MR) is 113 cm³/mol. The molecular formula is C24H24O9. The van der Waals surface area contributed by atoms with Crippen molar-refractivity contribution >= 4 is 23.3 Å². The maximum atomic E-state index is 13.4. The van der Waals surface area contributed by atoms with Gasteiger partial charge in [0.05, 0.1) is 12.7 Å². The fourth-order valence-electron chi connectivity index (χ4n) is 5.37. The van der Waals surface area contributed by atoms with Crippen LogP contribution in [0.15, 0.2) is 34.8 Å². The highest BCUT2D eigenvalue weighted by Gasteiger charge is 2.59. The zero-order valence-electron chi connectivity index (χ0n) is 18.2. The van der Waals surface area contributed by atoms with Gasteiger partial charge in [-0.3, -0.25) is 19.2 Å². The molecule has 0 aliphatic heterocycles. The molecule has 0 amide bonds. The highest BCUT2D eigenvalue weighted by atomic mass is 16.5. The molecule has 0 radical (unpaired) electrons. The molecule has 3 aliphatic carbocycles. The minimum atomic E-state index is -2.51. The molecule has 0 fully saturated rings. The SMILES string of the molecule is COC(=O)CCc1ccc(O)c2c1C[C@H]1C[C@H]3CC(O)=C(C(C)=O)C(=O)[C@@]3(O)C(O)=C1C2=O. The number of aliphatic hydroxyl groups is 3. The number of phenols is 1. The number of rotatable bonds is 4.